The molecule has 1 aromatic carbocycles. The quantitative estimate of drug-likeness (QED) is 0.424. The second-order valence-corrected chi connectivity index (χ2v) is 3.82. The summed E-state index contributed by atoms with van der Waals surface area (Å²) in [4.78, 5) is 11.2. The number of carbonyl (C=O) groups is 1. The van der Waals surface area contributed by atoms with Crippen molar-refractivity contribution in [3.05, 3.63) is 29.8 Å². The Morgan fingerprint density at radius 1 is 1.47 bits per heavy atom. The smallest absolute Gasteiger partial charge is 0.337 e. The van der Waals surface area contributed by atoms with E-state index < -0.39 is 12.1 Å². The third-order valence-corrected chi connectivity index (χ3v) is 2.32. The lowest BCUT2D eigenvalue weighted by Crippen LogP contribution is -2.31. The molecule has 0 amide bonds. The molecule has 0 saturated heterocycles. The van der Waals surface area contributed by atoms with Crippen LogP contribution in [0.5, 0.6) is 5.75 Å². The third kappa shape index (κ3) is 5.42. The molecule has 0 spiro atoms. The van der Waals surface area contributed by atoms with Crippen LogP contribution in [0.25, 0.3) is 0 Å². The van der Waals surface area contributed by atoms with E-state index in [2.05, 4.69) is 16.0 Å². The molecule has 1 atom stereocenters. The van der Waals surface area contributed by atoms with Gasteiger partial charge in [-0.15, -0.1) is 6.42 Å². The molecule has 1 unspecified atom stereocenters. The molecule has 0 radical (unpaired) electrons. The number of rotatable bonds is 7. The van der Waals surface area contributed by atoms with Crippen molar-refractivity contribution < 1.29 is 19.4 Å². The number of ether oxygens (including phenoxy) is 2. The fraction of sp³-hybridized carbons (Fsp3) is 0.357. The van der Waals surface area contributed by atoms with E-state index >= 15 is 0 Å². The number of carbonyl (C=O) groups excluding carboxylic acids is 1. The first-order valence-corrected chi connectivity index (χ1v) is 5.80. The predicted octanol–water partition coefficient (Wildman–Crippen LogP) is 0.436. The number of esters is 1. The van der Waals surface area contributed by atoms with Crippen molar-refractivity contribution >= 4 is 5.97 Å². The Balaban J connectivity index is 2.37. The molecular formula is C14H17NO4. The van der Waals surface area contributed by atoms with Crippen molar-refractivity contribution in [3.63, 3.8) is 0 Å². The Hall–Kier alpha value is -2.03. The van der Waals surface area contributed by atoms with Crippen molar-refractivity contribution in [2.45, 2.75) is 6.10 Å². The number of benzene rings is 1. The number of hydrogen-bond acceptors (Lipinski definition) is 5. The summed E-state index contributed by atoms with van der Waals surface area (Å²) >= 11 is 0. The van der Waals surface area contributed by atoms with Crippen LogP contribution in [0.3, 0.4) is 0 Å². The zero-order chi connectivity index (χ0) is 14.1. The zero-order valence-electron chi connectivity index (χ0n) is 10.8. The number of hydrogen-bond donors (Lipinski definition) is 2. The minimum Gasteiger partial charge on any atom is -0.491 e. The molecule has 0 fully saturated rings. The number of aliphatic hydroxyl groups excluding tert-OH is 1. The Bertz CT molecular complexity index is 436. The van der Waals surface area contributed by atoms with Gasteiger partial charge in [0.2, 0.25) is 0 Å². The van der Waals surface area contributed by atoms with Gasteiger partial charge in [0.05, 0.1) is 19.2 Å². The van der Waals surface area contributed by atoms with Gasteiger partial charge in [0.1, 0.15) is 18.5 Å². The Morgan fingerprint density at radius 2 is 2.16 bits per heavy atom. The van der Waals surface area contributed by atoms with Crippen LogP contribution in [0.4, 0.5) is 0 Å². The van der Waals surface area contributed by atoms with Crippen LogP contribution in [-0.2, 0) is 4.74 Å². The van der Waals surface area contributed by atoms with Gasteiger partial charge in [-0.05, 0) is 24.3 Å². The summed E-state index contributed by atoms with van der Waals surface area (Å²) in [5.74, 6) is 2.59. The van der Waals surface area contributed by atoms with E-state index in [0.717, 1.165) is 0 Å². The second kappa shape index (κ2) is 8.14. The molecule has 0 aliphatic rings. The number of aliphatic hydroxyl groups is 1. The van der Waals surface area contributed by atoms with Crippen LogP contribution in [0.15, 0.2) is 24.3 Å². The largest absolute Gasteiger partial charge is 0.491 e. The van der Waals surface area contributed by atoms with Gasteiger partial charge >= 0.3 is 5.97 Å². The molecule has 2 N–H and O–H groups in total. The van der Waals surface area contributed by atoms with Crippen LogP contribution in [0, 0.1) is 12.3 Å². The minimum atomic E-state index is -0.645. The fourth-order valence-corrected chi connectivity index (χ4v) is 1.37. The molecule has 0 aliphatic carbocycles. The third-order valence-electron chi connectivity index (χ3n) is 2.32. The first kappa shape index (κ1) is 15.0. The lowest BCUT2D eigenvalue weighted by atomic mass is 10.2. The maximum absolute atomic E-state index is 11.2. The van der Waals surface area contributed by atoms with Gasteiger partial charge in [0.15, 0.2) is 0 Å². The van der Waals surface area contributed by atoms with Crippen molar-refractivity contribution in [2.75, 3.05) is 26.8 Å². The Labute approximate surface area is 112 Å². The average Bonchev–Trinajstić information content (AvgIpc) is 2.45. The number of nitrogens with one attached hydrogen (secondary N) is 1. The first-order chi connectivity index (χ1) is 9.17. The maximum Gasteiger partial charge on any atom is 0.337 e. The van der Waals surface area contributed by atoms with E-state index in [9.17, 15) is 9.90 Å². The highest BCUT2D eigenvalue weighted by Gasteiger charge is 2.07. The van der Waals surface area contributed by atoms with Crippen molar-refractivity contribution in [2.24, 2.45) is 0 Å². The normalized spacial score (nSPS) is 11.4. The van der Waals surface area contributed by atoms with Crippen molar-refractivity contribution in [1.29, 1.82) is 0 Å². The first-order valence-electron chi connectivity index (χ1n) is 5.80. The molecule has 0 bridgehead atoms. The number of terminal acetylenes is 1. The van der Waals surface area contributed by atoms with Gasteiger partial charge in [-0.2, -0.15) is 0 Å². The lowest BCUT2D eigenvalue weighted by molar-refractivity contribution is 0.0600. The van der Waals surface area contributed by atoms with E-state index in [1.807, 2.05) is 0 Å². The summed E-state index contributed by atoms with van der Waals surface area (Å²) in [7, 11) is 1.33. The summed E-state index contributed by atoms with van der Waals surface area (Å²) in [5.41, 5.74) is 0.450. The molecule has 0 saturated carbocycles. The molecule has 1 aromatic rings. The predicted molar refractivity (Wildman–Crippen MR) is 71.0 cm³/mol. The molecule has 0 aromatic heterocycles. The zero-order valence-corrected chi connectivity index (χ0v) is 10.8. The van der Waals surface area contributed by atoms with Crippen LogP contribution >= 0.6 is 0 Å². The van der Waals surface area contributed by atoms with E-state index in [-0.39, 0.29) is 6.61 Å². The van der Waals surface area contributed by atoms with Gasteiger partial charge < -0.3 is 19.9 Å². The van der Waals surface area contributed by atoms with Crippen LogP contribution in [0.1, 0.15) is 10.4 Å². The average molecular weight is 263 g/mol. The lowest BCUT2D eigenvalue weighted by Gasteiger charge is -2.12. The van der Waals surface area contributed by atoms with Gasteiger partial charge in [0.25, 0.3) is 0 Å². The summed E-state index contributed by atoms with van der Waals surface area (Å²) in [6, 6.07) is 6.50. The summed E-state index contributed by atoms with van der Waals surface area (Å²) < 4.78 is 9.96. The highest BCUT2D eigenvalue weighted by Crippen LogP contribution is 2.13. The molecule has 0 heterocycles. The van der Waals surface area contributed by atoms with Crippen molar-refractivity contribution in [1.82, 2.24) is 5.32 Å². The standard InChI is InChI=1S/C14H17NO4/c1-3-8-15-9-12(16)10-19-13-6-4-11(5-7-13)14(17)18-2/h1,4-7,12,15-16H,8-10H2,2H3. The number of methoxy groups -OCH3 is 1. The molecule has 0 aliphatic heterocycles. The van der Waals surface area contributed by atoms with Crippen LogP contribution in [0.2, 0.25) is 0 Å². The van der Waals surface area contributed by atoms with E-state index in [1.54, 1.807) is 24.3 Å². The molecular weight excluding hydrogens is 246 g/mol. The topological polar surface area (TPSA) is 67.8 Å². The maximum atomic E-state index is 11.2. The van der Waals surface area contributed by atoms with Crippen molar-refractivity contribution in [3.8, 4) is 18.1 Å². The monoisotopic (exact) mass is 263 g/mol. The Kier molecular flexibility index (Phi) is 6.44. The van der Waals surface area contributed by atoms with E-state index in [4.69, 9.17) is 11.2 Å². The molecule has 102 valence electrons. The van der Waals surface area contributed by atoms with Gasteiger partial charge in [-0.25, -0.2) is 4.79 Å². The highest BCUT2D eigenvalue weighted by molar-refractivity contribution is 5.89. The minimum absolute atomic E-state index is 0.148. The van der Waals surface area contributed by atoms with E-state index in [1.165, 1.54) is 7.11 Å². The van der Waals surface area contributed by atoms with Gasteiger partial charge in [-0.1, -0.05) is 5.92 Å². The van der Waals surface area contributed by atoms with Gasteiger partial charge in [-0.3, -0.25) is 0 Å². The summed E-state index contributed by atoms with van der Waals surface area (Å²) in [6.45, 7) is 0.921. The summed E-state index contributed by atoms with van der Waals surface area (Å²) in [5, 5.41) is 12.5. The van der Waals surface area contributed by atoms with E-state index in [0.29, 0.717) is 24.4 Å². The molecule has 5 heteroatoms. The highest BCUT2D eigenvalue weighted by atomic mass is 16.5. The molecule has 5 nitrogen and oxygen atoms in total. The van der Waals surface area contributed by atoms with Gasteiger partial charge in [0, 0.05) is 6.54 Å². The summed E-state index contributed by atoms with van der Waals surface area (Å²) in [6.07, 6.45) is 4.42. The van der Waals surface area contributed by atoms with Crippen LogP contribution < -0.4 is 10.1 Å². The molecule has 19 heavy (non-hydrogen) atoms. The Morgan fingerprint density at radius 3 is 2.74 bits per heavy atom. The molecule has 1 rings (SSSR count). The SMILES string of the molecule is C#CCNCC(O)COc1ccc(C(=O)OC)cc1. The second-order valence-electron chi connectivity index (χ2n) is 3.82. The fourth-order valence-electron chi connectivity index (χ4n) is 1.37. The van der Waals surface area contributed by atoms with Crippen LogP contribution in [-0.4, -0.2) is 44.0 Å².